The Bertz CT molecular complexity index is 383. The normalized spacial score (nSPS) is 17.7. The summed E-state index contributed by atoms with van der Waals surface area (Å²) in [6.07, 6.45) is 5.86. The van der Waals surface area contributed by atoms with E-state index in [9.17, 15) is 0 Å². The number of hydrogen-bond acceptors (Lipinski definition) is 4. The second-order valence-electron chi connectivity index (χ2n) is 5.83. The standard InChI is InChI=1S/C14H24N4/c1-12-15-8-7-13(16-12)17-14(2,3)11-18-9-5-4-6-10-18/h7-8H,4-6,9-11H2,1-3H3,(H,15,16,17). The quantitative estimate of drug-likeness (QED) is 0.888. The fourth-order valence-corrected chi connectivity index (χ4v) is 2.59. The molecular formula is C14H24N4. The van der Waals surface area contributed by atoms with Gasteiger partial charge in [0.1, 0.15) is 11.6 Å². The van der Waals surface area contributed by atoms with Gasteiger partial charge in [-0.2, -0.15) is 0 Å². The number of rotatable bonds is 4. The van der Waals surface area contributed by atoms with Gasteiger partial charge >= 0.3 is 0 Å². The Morgan fingerprint density at radius 2 is 2.00 bits per heavy atom. The molecular weight excluding hydrogens is 224 g/mol. The zero-order valence-corrected chi connectivity index (χ0v) is 11.7. The SMILES string of the molecule is Cc1nccc(NC(C)(C)CN2CCCCC2)n1. The number of piperidine rings is 1. The van der Waals surface area contributed by atoms with E-state index in [1.54, 1.807) is 0 Å². The highest BCUT2D eigenvalue weighted by molar-refractivity contribution is 5.36. The summed E-state index contributed by atoms with van der Waals surface area (Å²) in [6.45, 7) is 9.92. The second kappa shape index (κ2) is 5.65. The Hall–Kier alpha value is -1.16. The molecule has 0 unspecified atom stereocenters. The van der Waals surface area contributed by atoms with Gasteiger partial charge in [-0.1, -0.05) is 6.42 Å². The summed E-state index contributed by atoms with van der Waals surface area (Å²) in [6, 6.07) is 1.94. The van der Waals surface area contributed by atoms with Gasteiger partial charge in [-0.05, 0) is 52.8 Å². The van der Waals surface area contributed by atoms with Crippen molar-refractivity contribution in [2.75, 3.05) is 25.0 Å². The van der Waals surface area contributed by atoms with Crippen molar-refractivity contribution in [3.8, 4) is 0 Å². The van der Waals surface area contributed by atoms with E-state index in [-0.39, 0.29) is 5.54 Å². The number of nitrogens with zero attached hydrogens (tertiary/aromatic N) is 3. The molecule has 0 amide bonds. The lowest BCUT2D eigenvalue weighted by molar-refractivity contribution is 0.199. The van der Waals surface area contributed by atoms with Crippen LogP contribution in [0.25, 0.3) is 0 Å². The van der Waals surface area contributed by atoms with Crippen molar-refractivity contribution in [3.05, 3.63) is 18.1 Å². The van der Waals surface area contributed by atoms with E-state index < -0.39 is 0 Å². The topological polar surface area (TPSA) is 41.1 Å². The van der Waals surface area contributed by atoms with Crippen molar-refractivity contribution in [2.24, 2.45) is 0 Å². The van der Waals surface area contributed by atoms with Crippen LogP contribution in [0.15, 0.2) is 12.3 Å². The van der Waals surface area contributed by atoms with Crippen LogP contribution in [0.4, 0.5) is 5.82 Å². The molecule has 0 bridgehead atoms. The predicted molar refractivity (Wildman–Crippen MR) is 74.8 cm³/mol. The van der Waals surface area contributed by atoms with Gasteiger partial charge in [-0.3, -0.25) is 0 Å². The molecule has 2 rings (SSSR count). The van der Waals surface area contributed by atoms with E-state index >= 15 is 0 Å². The molecule has 0 saturated carbocycles. The largest absolute Gasteiger partial charge is 0.364 e. The molecule has 0 atom stereocenters. The summed E-state index contributed by atoms with van der Waals surface area (Å²) in [5.41, 5.74) is 0.0398. The van der Waals surface area contributed by atoms with Crippen molar-refractivity contribution in [3.63, 3.8) is 0 Å². The van der Waals surface area contributed by atoms with Crippen molar-refractivity contribution >= 4 is 5.82 Å². The van der Waals surface area contributed by atoms with Gasteiger partial charge in [-0.15, -0.1) is 0 Å². The van der Waals surface area contributed by atoms with E-state index in [0.717, 1.165) is 18.2 Å². The first-order valence-electron chi connectivity index (χ1n) is 6.85. The van der Waals surface area contributed by atoms with E-state index in [2.05, 4.69) is 34.0 Å². The number of aryl methyl sites for hydroxylation is 1. The second-order valence-corrected chi connectivity index (χ2v) is 5.83. The Balaban J connectivity index is 1.93. The van der Waals surface area contributed by atoms with E-state index in [1.807, 2.05) is 19.2 Å². The first-order valence-corrected chi connectivity index (χ1v) is 6.85. The third kappa shape index (κ3) is 3.95. The molecule has 2 heterocycles. The van der Waals surface area contributed by atoms with E-state index in [4.69, 9.17) is 0 Å². The zero-order chi connectivity index (χ0) is 13.0. The number of likely N-dealkylation sites (tertiary alicyclic amines) is 1. The Labute approximate surface area is 110 Å². The smallest absolute Gasteiger partial charge is 0.130 e. The molecule has 0 aliphatic carbocycles. The fourth-order valence-electron chi connectivity index (χ4n) is 2.59. The monoisotopic (exact) mass is 248 g/mol. The van der Waals surface area contributed by atoms with E-state index in [1.165, 1.54) is 32.4 Å². The molecule has 100 valence electrons. The molecule has 0 aromatic carbocycles. The summed E-state index contributed by atoms with van der Waals surface area (Å²) >= 11 is 0. The molecule has 1 aromatic rings. The lowest BCUT2D eigenvalue weighted by atomic mass is 10.0. The van der Waals surface area contributed by atoms with Crippen LogP contribution in [-0.4, -0.2) is 40.0 Å². The van der Waals surface area contributed by atoms with Gasteiger partial charge in [0, 0.05) is 18.3 Å². The van der Waals surface area contributed by atoms with Gasteiger partial charge in [0.05, 0.1) is 0 Å². The Morgan fingerprint density at radius 1 is 1.28 bits per heavy atom. The van der Waals surface area contributed by atoms with Crippen LogP contribution < -0.4 is 5.32 Å². The highest BCUT2D eigenvalue weighted by Crippen LogP contribution is 2.17. The van der Waals surface area contributed by atoms with Crippen LogP contribution >= 0.6 is 0 Å². The molecule has 1 aliphatic heterocycles. The summed E-state index contributed by atoms with van der Waals surface area (Å²) < 4.78 is 0. The molecule has 0 spiro atoms. The van der Waals surface area contributed by atoms with Crippen molar-refractivity contribution in [2.45, 2.75) is 45.6 Å². The van der Waals surface area contributed by atoms with E-state index in [0.29, 0.717) is 0 Å². The lowest BCUT2D eigenvalue weighted by Crippen LogP contribution is -2.46. The molecule has 1 fully saturated rings. The third-order valence-corrected chi connectivity index (χ3v) is 3.31. The Morgan fingerprint density at radius 3 is 2.67 bits per heavy atom. The van der Waals surface area contributed by atoms with Crippen molar-refractivity contribution < 1.29 is 0 Å². The van der Waals surface area contributed by atoms with Crippen LogP contribution in [0.1, 0.15) is 38.9 Å². The van der Waals surface area contributed by atoms with Crippen LogP contribution in [-0.2, 0) is 0 Å². The fraction of sp³-hybridized carbons (Fsp3) is 0.714. The maximum Gasteiger partial charge on any atom is 0.130 e. The van der Waals surface area contributed by atoms with Crippen LogP contribution in [0.5, 0.6) is 0 Å². The molecule has 4 nitrogen and oxygen atoms in total. The van der Waals surface area contributed by atoms with Gasteiger partial charge in [0.25, 0.3) is 0 Å². The van der Waals surface area contributed by atoms with Gasteiger partial charge in [-0.25, -0.2) is 9.97 Å². The summed E-state index contributed by atoms with van der Waals surface area (Å²) in [5.74, 6) is 1.73. The minimum Gasteiger partial charge on any atom is -0.364 e. The van der Waals surface area contributed by atoms with Crippen molar-refractivity contribution in [1.82, 2.24) is 14.9 Å². The maximum atomic E-state index is 4.41. The average Bonchev–Trinajstić information content (AvgIpc) is 2.28. The highest BCUT2D eigenvalue weighted by atomic mass is 15.2. The van der Waals surface area contributed by atoms with Gasteiger partial charge in [0.15, 0.2) is 0 Å². The van der Waals surface area contributed by atoms with Gasteiger partial charge in [0.2, 0.25) is 0 Å². The minimum atomic E-state index is 0.0398. The number of aromatic nitrogens is 2. The summed E-state index contributed by atoms with van der Waals surface area (Å²) in [5, 5.41) is 3.51. The first-order chi connectivity index (χ1) is 8.55. The number of nitrogens with one attached hydrogen (secondary N) is 1. The maximum absolute atomic E-state index is 4.41. The van der Waals surface area contributed by atoms with Gasteiger partial charge < -0.3 is 10.2 Å². The lowest BCUT2D eigenvalue weighted by Gasteiger charge is -2.35. The predicted octanol–water partition coefficient (Wildman–Crippen LogP) is 2.46. The number of hydrogen-bond donors (Lipinski definition) is 1. The van der Waals surface area contributed by atoms with Crippen molar-refractivity contribution in [1.29, 1.82) is 0 Å². The molecule has 1 N–H and O–H groups in total. The van der Waals surface area contributed by atoms with Crippen LogP contribution in [0.3, 0.4) is 0 Å². The average molecular weight is 248 g/mol. The molecule has 1 aromatic heterocycles. The third-order valence-electron chi connectivity index (χ3n) is 3.31. The van der Waals surface area contributed by atoms with Crippen LogP contribution in [0.2, 0.25) is 0 Å². The molecule has 0 radical (unpaired) electrons. The minimum absolute atomic E-state index is 0.0398. The first kappa shape index (κ1) is 13.3. The summed E-state index contributed by atoms with van der Waals surface area (Å²) in [7, 11) is 0. The molecule has 1 saturated heterocycles. The highest BCUT2D eigenvalue weighted by Gasteiger charge is 2.23. The Kier molecular flexibility index (Phi) is 4.17. The van der Waals surface area contributed by atoms with Crippen LogP contribution in [0, 0.1) is 6.92 Å². The molecule has 18 heavy (non-hydrogen) atoms. The zero-order valence-electron chi connectivity index (χ0n) is 11.7. The molecule has 4 heteroatoms. The summed E-state index contributed by atoms with van der Waals surface area (Å²) in [4.78, 5) is 11.1. The number of anilines is 1. The molecule has 1 aliphatic rings.